The van der Waals surface area contributed by atoms with Crippen LogP contribution in [0.15, 0.2) is 40.6 Å². The number of carbonyl (C=O) groups excluding carboxylic acids is 1. The van der Waals surface area contributed by atoms with Gasteiger partial charge in [-0.25, -0.2) is 4.98 Å². The molecule has 2 aromatic rings. The molecule has 0 atom stereocenters. The van der Waals surface area contributed by atoms with Crippen molar-refractivity contribution < 1.29 is 18.0 Å². The van der Waals surface area contributed by atoms with Crippen molar-refractivity contribution in [1.29, 1.82) is 0 Å². The van der Waals surface area contributed by atoms with Crippen LogP contribution >= 0.6 is 15.9 Å². The van der Waals surface area contributed by atoms with Crippen LogP contribution < -0.4 is 0 Å². The monoisotopic (exact) mass is 415 g/mol. The number of allylic oxidation sites excluding steroid dienone is 2. The summed E-state index contributed by atoms with van der Waals surface area (Å²) in [4.78, 5) is 18.0. The highest BCUT2D eigenvalue weighted by Gasteiger charge is 2.34. The average Bonchev–Trinajstić information content (AvgIpc) is 2.89. The van der Waals surface area contributed by atoms with Gasteiger partial charge in [0.25, 0.3) is 0 Å². The number of nitrogens with zero attached hydrogens (tertiary/aromatic N) is 3. The quantitative estimate of drug-likeness (QED) is 0.540. The number of imidazole rings is 1. The summed E-state index contributed by atoms with van der Waals surface area (Å²) in [5.41, 5.74) is 0.363. The molecule has 1 aromatic carbocycles. The van der Waals surface area contributed by atoms with E-state index in [9.17, 15) is 18.0 Å². The molecule has 25 heavy (non-hydrogen) atoms. The molecule has 0 aliphatic carbocycles. The van der Waals surface area contributed by atoms with Crippen LogP contribution in [0, 0.1) is 6.92 Å². The van der Waals surface area contributed by atoms with Gasteiger partial charge in [-0.15, -0.1) is 0 Å². The molecule has 2 rings (SSSR count). The zero-order chi connectivity index (χ0) is 18.9. The van der Waals surface area contributed by atoms with E-state index in [2.05, 4.69) is 20.9 Å². The largest absolute Gasteiger partial charge is 0.434 e. The molecule has 0 amide bonds. The Hall–Kier alpha value is -2.09. The maximum Gasteiger partial charge on any atom is 0.434 e. The summed E-state index contributed by atoms with van der Waals surface area (Å²) in [5.74, 6) is -0.152. The molecule has 8 heteroatoms. The summed E-state index contributed by atoms with van der Waals surface area (Å²) < 4.78 is 40.7. The molecular weight excluding hydrogens is 399 g/mol. The SMILES string of the molecule is C/C(=C\C(=O)c1cc(Br)ccc1-n1cc(C(F)(F)F)nc1C)N(C)C. The number of benzene rings is 1. The van der Waals surface area contributed by atoms with E-state index in [4.69, 9.17) is 0 Å². The van der Waals surface area contributed by atoms with Crippen LogP contribution in [-0.2, 0) is 6.18 Å². The van der Waals surface area contributed by atoms with Gasteiger partial charge in [0.2, 0.25) is 0 Å². The van der Waals surface area contributed by atoms with E-state index in [1.165, 1.54) is 17.6 Å². The van der Waals surface area contributed by atoms with Crippen molar-refractivity contribution >= 4 is 21.7 Å². The van der Waals surface area contributed by atoms with Crippen LogP contribution in [-0.4, -0.2) is 34.3 Å². The van der Waals surface area contributed by atoms with Crippen molar-refractivity contribution in [3.8, 4) is 5.69 Å². The summed E-state index contributed by atoms with van der Waals surface area (Å²) in [5, 5.41) is 0. The molecule has 0 radical (unpaired) electrons. The zero-order valence-corrected chi connectivity index (χ0v) is 15.7. The number of alkyl halides is 3. The van der Waals surface area contributed by atoms with Crippen molar-refractivity contribution in [2.45, 2.75) is 20.0 Å². The Morgan fingerprint density at radius 3 is 2.48 bits per heavy atom. The minimum Gasteiger partial charge on any atom is -0.381 e. The lowest BCUT2D eigenvalue weighted by Crippen LogP contribution is -2.11. The summed E-state index contributed by atoms with van der Waals surface area (Å²) in [7, 11) is 3.60. The van der Waals surface area contributed by atoms with E-state index >= 15 is 0 Å². The van der Waals surface area contributed by atoms with E-state index in [-0.39, 0.29) is 17.2 Å². The highest BCUT2D eigenvalue weighted by molar-refractivity contribution is 9.10. The zero-order valence-electron chi connectivity index (χ0n) is 14.1. The predicted molar refractivity (Wildman–Crippen MR) is 92.8 cm³/mol. The van der Waals surface area contributed by atoms with E-state index in [0.29, 0.717) is 10.2 Å². The first-order valence-corrected chi connectivity index (χ1v) is 8.13. The van der Waals surface area contributed by atoms with Crippen molar-refractivity contribution in [3.05, 3.63) is 57.7 Å². The fraction of sp³-hybridized carbons (Fsp3) is 0.294. The summed E-state index contributed by atoms with van der Waals surface area (Å²) in [6.07, 6.45) is -2.20. The van der Waals surface area contributed by atoms with Crippen LogP contribution in [0.2, 0.25) is 0 Å². The van der Waals surface area contributed by atoms with E-state index < -0.39 is 11.9 Å². The number of rotatable bonds is 4. The number of hydrogen-bond acceptors (Lipinski definition) is 3. The molecule has 134 valence electrons. The third kappa shape index (κ3) is 4.31. The molecule has 0 aliphatic rings. The van der Waals surface area contributed by atoms with Crippen molar-refractivity contribution in [3.63, 3.8) is 0 Å². The highest BCUT2D eigenvalue weighted by atomic mass is 79.9. The minimum absolute atomic E-state index is 0.150. The second-order valence-electron chi connectivity index (χ2n) is 5.75. The van der Waals surface area contributed by atoms with Gasteiger partial charge in [0, 0.05) is 42.1 Å². The van der Waals surface area contributed by atoms with Gasteiger partial charge in [-0.1, -0.05) is 15.9 Å². The maximum absolute atomic E-state index is 12.9. The fourth-order valence-corrected chi connectivity index (χ4v) is 2.53. The van der Waals surface area contributed by atoms with E-state index in [1.54, 1.807) is 44.1 Å². The third-order valence-corrected chi connectivity index (χ3v) is 4.19. The summed E-state index contributed by atoms with van der Waals surface area (Å²) >= 11 is 3.30. The van der Waals surface area contributed by atoms with E-state index in [1.807, 2.05) is 0 Å². The third-order valence-electron chi connectivity index (χ3n) is 3.70. The van der Waals surface area contributed by atoms with Crippen molar-refractivity contribution in [1.82, 2.24) is 14.5 Å². The predicted octanol–water partition coefficient (Wildman–Crippen LogP) is 4.61. The molecule has 0 unspecified atom stereocenters. The lowest BCUT2D eigenvalue weighted by Gasteiger charge is -2.14. The second kappa shape index (κ2) is 7.03. The number of halogens is 4. The van der Waals surface area contributed by atoms with Crippen LogP contribution in [0.3, 0.4) is 0 Å². The average molecular weight is 416 g/mol. The smallest absolute Gasteiger partial charge is 0.381 e. The van der Waals surface area contributed by atoms with Crippen LogP contribution in [0.5, 0.6) is 0 Å². The molecule has 0 aliphatic heterocycles. The lowest BCUT2D eigenvalue weighted by atomic mass is 10.1. The molecule has 1 heterocycles. The molecule has 4 nitrogen and oxygen atoms in total. The fourth-order valence-electron chi connectivity index (χ4n) is 2.17. The van der Waals surface area contributed by atoms with Crippen molar-refractivity contribution in [2.24, 2.45) is 0 Å². The highest BCUT2D eigenvalue weighted by Crippen LogP contribution is 2.30. The molecule has 0 saturated carbocycles. The number of carbonyl (C=O) groups is 1. The number of aryl methyl sites for hydroxylation is 1. The molecule has 0 saturated heterocycles. The first-order valence-electron chi connectivity index (χ1n) is 7.33. The molecular formula is C17H17BrF3N3O. The van der Waals surface area contributed by atoms with Gasteiger partial charge in [0.1, 0.15) is 5.82 Å². The van der Waals surface area contributed by atoms with Crippen LogP contribution in [0.4, 0.5) is 13.2 Å². The Labute approximate surface area is 152 Å². The number of ketones is 1. The number of hydrogen-bond donors (Lipinski definition) is 0. The molecule has 0 spiro atoms. The van der Waals surface area contributed by atoms with E-state index in [0.717, 1.165) is 11.9 Å². The Morgan fingerprint density at radius 1 is 1.32 bits per heavy atom. The minimum atomic E-state index is -4.54. The first kappa shape index (κ1) is 19.2. The van der Waals surface area contributed by atoms with Crippen LogP contribution in [0.1, 0.15) is 28.8 Å². The van der Waals surface area contributed by atoms with Gasteiger partial charge in [0.05, 0.1) is 5.69 Å². The maximum atomic E-state index is 12.9. The Bertz CT molecular complexity index is 838. The second-order valence-corrected chi connectivity index (χ2v) is 6.66. The topological polar surface area (TPSA) is 38.1 Å². The Balaban J connectivity index is 2.59. The summed E-state index contributed by atoms with van der Waals surface area (Å²) in [6, 6.07) is 4.84. The van der Waals surface area contributed by atoms with Gasteiger partial charge in [0.15, 0.2) is 11.5 Å². The Morgan fingerprint density at radius 2 is 1.96 bits per heavy atom. The summed E-state index contributed by atoms with van der Waals surface area (Å²) in [6.45, 7) is 3.24. The van der Waals surface area contributed by atoms with Crippen LogP contribution in [0.25, 0.3) is 5.69 Å². The molecule has 1 aromatic heterocycles. The first-order chi connectivity index (χ1) is 11.5. The number of aromatic nitrogens is 2. The molecule has 0 N–H and O–H groups in total. The lowest BCUT2D eigenvalue weighted by molar-refractivity contribution is -0.141. The van der Waals surface area contributed by atoms with Crippen molar-refractivity contribution in [2.75, 3.05) is 14.1 Å². The Kier molecular flexibility index (Phi) is 5.41. The van der Waals surface area contributed by atoms with Gasteiger partial charge < -0.3 is 9.47 Å². The molecule has 0 fully saturated rings. The normalized spacial score (nSPS) is 12.4. The van der Waals surface area contributed by atoms with Gasteiger partial charge in [-0.3, -0.25) is 4.79 Å². The van der Waals surface area contributed by atoms with Gasteiger partial charge in [-0.2, -0.15) is 13.2 Å². The standard InChI is InChI=1S/C17H17BrF3N3O/c1-10(23(3)4)7-15(25)13-8-12(18)5-6-14(13)24-9-16(17(19,20)21)22-11(24)2/h5-9H,1-4H3/b10-7+. The van der Waals surface area contributed by atoms with Gasteiger partial charge in [-0.05, 0) is 32.0 Å². The van der Waals surface area contributed by atoms with Gasteiger partial charge >= 0.3 is 6.18 Å². The molecule has 0 bridgehead atoms.